The van der Waals surface area contributed by atoms with E-state index in [0.717, 1.165) is 62.7 Å². The van der Waals surface area contributed by atoms with Crippen molar-refractivity contribution in [1.29, 1.82) is 0 Å². The zero-order valence-corrected chi connectivity index (χ0v) is 13.0. The van der Waals surface area contributed by atoms with Crippen LogP contribution in [0.3, 0.4) is 0 Å². The first-order chi connectivity index (χ1) is 10.3. The minimum absolute atomic E-state index is 0.260. The van der Waals surface area contributed by atoms with Crippen LogP contribution in [-0.2, 0) is 4.74 Å². The highest BCUT2D eigenvalue weighted by Crippen LogP contribution is 2.60. The van der Waals surface area contributed by atoms with Gasteiger partial charge in [-0.15, -0.1) is 0 Å². The Balaban J connectivity index is 1.43. The lowest BCUT2D eigenvalue weighted by atomic mass is 9.48. The van der Waals surface area contributed by atoms with Gasteiger partial charge >= 0.3 is 0 Å². The lowest BCUT2D eigenvalue weighted by molar-refractivity contribution is -0.0155. The van der Waals surface area contributed by atoms with Gasteiger partial charge < -0.3 is 9.94 Å². The fourth-order valence-electron chi connectivity index (χ4n) is 5.97. The molecule has 1 saturated heterocycles. The molecule has 4 heteroatoms. The van der Waals surface area contributed by atoms with Gasteiger partial charge in [0.25, 0.3) is 0 Å². The van der Waals surface area contributed by atoms with Gasteiger partial charge in [0.2, 0.25) is 0 Å². The number of rotatable bonds is 4. The molecule has 1 aliphatic heterocycles. The Hall–Kier alpha value is -0.610. The average Bonchev–Trinajstić information content (AvgIpc) is 2.47. The molecule has 1 heterocycles. The molecule has 0 aromatic rings. The van der Waals surface area contributed by atoms with Crippen LogP contribution in [0.2, 0.25) is 0 Å². The molecule has 5 aliphatic rings. The molecule has 0 atom stereocenters. The van der Waals surface area contributed by atoms with Crippen molar-refractivity contribution in [3.8, 4) is 0 Å². The first kappa shape index (κ1) is 14.0. The largest absolute Gasteiger partial charge is 0.411 e. The van der Waals surface area contributed by atoms with Crippen molar-refractivity contribution in [2.75, 3.05) is 32.8 Å². The van der Waals surface area contributed by atoms with E-state index >= 15 is 0 Å². The van der Waals surface area contributed by atoms with Crippen LogP contribution in [0.25, 0.3) is 0 Å². The van der Waals surface area contributed by atoms with Gasteiger partial charge in [0.1, 0.15) is 0 Å². The molecule has 4 saturated carbocycles. The smallest absolute Gasteiger partial charge is 0.0645 e. The van der Waals surface area contributed by atoms with Crippen molar-refractivity contribution < 1.29 is 9.94 Å². The zero-order valence-electron chi connectivity index (χ0n) is 13.0. The van der Waals surface area contributed by atoms with E-state index < -0.39 is 0 Å². The molecular weight excluding hydrogens is 264 g/mol. The molecule has 1 N–H and O–H groups in total. The van der Waals surface area contributed by atoms with Crippen LogP contribution in [0.5, 0.6) is 0 Å². The Kier molecular flexibility index (Phi) is 3.70. The minimum atomic E-state index is 0.260. The van der Waals surface area contributed by atoms with Crippen molar-refractivity contribution >= 4 is 5.71 Å². The maximum absolute atomic E-state index is 9.66. The average molecular weight is 292 g/mol. The molecule has 5 rings (SSSR count). The Labute approximate surface area is 127 Å². The minimum Gasteiger partial charge on any atom is -0.411 e. The summed E-state index contributed by atoms with van der Waals surface area (Å²) in [7, 11) is 0. The van der Waals surface area contributed by atoms with E-state index in [1.165, 1.54) is 38.5 Å². The maximum Gasteiger partial charge on any atom is 0.0645 e. The van der Waals surface area contributed by atoms with E-state index in [4.69, 9.17) is 4.74 Å². The Morgan fingerprint density at radius 2 is 1.62 bits per heavy atom. The van der Waals surface area contributed by atoms with E-state index in [1.807, 2.05) is 0 Å². The molecule has 0 radical (unpaired) electrons. The lowest BCUT2D eigenvalue weighted by Crippen LogP contribution is -2.50. The molecule has 5 fully saturated rings. The third kappa shape index (κ3) is 2.61. The van der Waals surface area contributed by atoms with E-state index in [0.29, 0.717) is 0 Å². The molecule has 0 aromatic carbocycles. The fourth-order valence-corrected chi connectivity index (χ4v) is 5.97. The third-order valence-corrected chi connectivity index (χ3v) is 6.54. The van der Waals surface area contributed by atoms with Crippen LogP contribution in [0.1, 0.15) is 44.9 Å². The van der Waals surface area contributed by atoms with Gasteiger partial charge in [0.15, 0.2) is 0 Å². The summed E-state index contributed by atoms with van der Waals surface area (Å²) in [5.74, 6) is 2.74. The molecule has 0 unspecified atom stereocenters. The number of morpholine rings is 1. The fraction of sp³-hybridized carbons (Fsp3) is 0.941. The standard InChI is InChI=1S/C17H28N2O2/c20-18-16(1-2-19-3-5-21-6-4-19)17-10-13-7-14(11-17)9-15(8-13)12-17/h13-15,20H,1-12H2. The van der Waals surface area contributed by atoms with Crippen molar-refractivity contribution in [3.05, 3.63) is 0 Å². The summed E-state index contributed by atoms with van der Waals surface area (Å²) in [4.78, 5) is 2.45. The van der Waals surface area contributed by atoms with Crippen LogP contribution in [0.15, 0.2) is 5.16 Å². The summed E-state index contributed by atoms with van der Waals surface area (Å²) >= 11 is 0. The highest BCUT2D eigenvalue weighted by molar-refractivity contribution is 5.90. The molecule has 0 amide bonds. The number of nitrogens with zero attached hydrogens (tertiary/aromatic N) is 2. The Morgan fingerprint density at radius 3 is 2.14 bits per heavy atom. The molecule has 4 bridgehead atoms. The molecule has 0 aromatic heterocycles. The third-order valence-electron chi connectivity index (χ3n) is 6.54. The predicted octanol–water partition coefficient (Wildman–Crippen LogP) is 2.76. The maximum atomic E-state index is 9.66. The van der Waals surface area contributed by atoms with Gasteiger partial charge in [0, 0.05) is 31.5 Å². The molecule has 0 spiro atoms. The topological polar surface area (TPSA) is 45.1 Å². The molecule has 21 heavy (non-hydrogen) atoms. The normalized spacial score (nSPS) is 43.4. The molecular formula is C17H28N2O2. The molecule has 4 nitrogen and oxygen atoms in total. The summed E-state index contributed by atoms with van der Waals surface area (Å²) in [6.45, 7) is 4.79. The van der Waals surface area contributed by atoms with Crippen LogP contribution in [0, 0.1) is 23.2 Å². The summed E-state index contributed by atoms with van der Waals surface area (Å²) in [5, 5.41) is 13.5. The van der Waals surface area contributed by atoms with Gasteiger partial charge in [0.05, 0.1) is 18.9 Å². The highest BCUT2D eigenvalue weighted by atomic mass is 16.5. The number of ether oxygens (including phenoxy) is 1. The van der Waals surface area contributed by atoms with Crippen LogP contribution >= 0.6 is 0 Å². The SMILES string of the molecule is ON=C(CCN1CCOCC1)C12CC3CC(CC(C3)C1)C2. The van der Waals surface area contributed by atoms with Gasteiger partial charge in [-0.3, -0.25) is 4.90 Å². The van der Waals surface area contributed by atoms with Crippen LogP contribution in [-0.4, -0.2) is 48.7 Å². The predicted molar refractivity (Wildman–Crippen MR) is 81.7 cm³/mol. The van der Waals surface area contributed by atoms with E-state index in [9.17, 15) is 5.21 Å². The lowest BCUT2D eigenvalue weighted by Gasteiger charge is -2.57. The van der Waals surface area contributed by atoms with Gasteiger partial charge in [-0.2, -0.15) is 0 Å². The zero-order chi connectivity index (χ0) is 14.3. The van der Waals surface area contributed by atoms with Crippen molar-refractivity contribution in [1.82, 2.24) is 4.90 Å². The number of hydrogen-bond donors (Lipinski definition) is 1. The van der Waals surface area contributed by atoms with Crippen molar-refractivity contribution in [2.24, 2.45) is 28.3 Å². The van der Waals surface area contributed by atoms with Crippen LogP contribution < -0.4 is 0 Å². The quantitative estimate of drug-likeness (QED) is 0.492. The van der Waals surface area contributed by atoms with E-state index in [-0.39, 0.29) is 5.41 Å². The van der Waals surface area contributed by atoms with Crippen LogP contribution in [0.4, 0.5) is 0 Å². The summed E-state index contributed by atoms with van der Waals surface area (Å²) in [5.41, 5.74) is 1.38. The molecule has 4 aliphatic carbocycles. The monoisotopic (exact) mass is 292 g/mol. The van der Waals surface area contributed by atoms with E-state index in [2.05, 4.69) is 10.1 Å². The second kappa shape index (κ2) is 5.54. The summed E-state index contributed by atoms with van der Waals surface area (Å²) in [6.07, 6.45) is 9.16. The van der Waals surface area contributed by atoms with E-state index in [1.54, 1.807) is 0 Å². The second-order valence-electron chi connectivity index (χ2n) is 7.95. The van der Waals surface area contributed by atoms with Gasteiger partial charge in [-0.25, -0.2) is 0 Å². The summed E-state index contributed by atoms with van der Waals surface area (Å²) < 4.78 is 5.41. The second-order valence-corrected chi connectivity index (χ2v) is 7.95. The highest BCUT2D eigenvalue weighted by Gasteiger charge is 2.53. The first-order valence-electron chi connectivity index (χ1n) is 8.79. The van der Waals surface area contributed by atoms with Crippen molar-refractivity contribution in [2.45, 2.75) is 44.9 Å². The first-order valence-corrected chi connectivity index (χ1v) is 8.79. The van der Waals surface area contributed by atoms with Gasteiger partial charge in [-0.05, 0) is 56.3 Å². The van der Waals surface area contributed by atoms with Crippen molar-refractivity contribution in [3.63, 3.8) is 0 Å². The Bertz CT molecular complexity index is 380. The molecule has 118 valence electrons. The number of oxime groups is 1. The number of hydrogen-bond acceptors (Lipinski definition) is 4. The summed E-state index contributed by atoms with van der Waals surface area (Å²) in [6, 6.07) is 0. The van der Waals surface area contributed by atoms with Gasteiger partial charge in [-0.1, -0.05) is 5.16 Å². The Morgan fingerprint density at radius 1 is 1.05 bits per heavy atom.